The van der Waals surface area contributed by atoms with Gasteiger partial charge in [-0.2, -0.15) is 0 Å². The van der Waals surface area contributed by atoms with Crippen molar-refractivity contribution in [2.75, 3.05) is 18.1 Å². The minimum atomic E-state index is -3.08. The predicted molar refractivity (Wildman–Crippen MR) is 123 cm³/mol. The molecule has 180 valence electrons. The zero-order valence-corrected chi connectivity index (χ0v) is 19.9. The van der Waals surface area contributed by atoms with Crippen LogP contribution in [0.1, 0.15) is 81.0 Å². The van der Waals surface area contributed by atoms with Gasteiger partial charge in [-0.05, 0) is 57.1 Å². The Morgan fingerprint density at radius 3 is 2.52 bits per heavy atom. The topological polar surface area (TPSA) is 90.0 Å². The van der Waals surface area contributed by atoms with E-state index in [1.165, 1.54) is 6.42 Å². The van der Waals surface area contributed by atoms with Crippen LogP contribution in [0.5, 0.6) is 11.5 Å². The minimum absolute atomic E-state index is 0.0477. The molecule has 1 spiro atoms. The van der Waals surface area contributed by atoms with Crippen molar-refractivity contribution in [3.8, 4) is 11.5 Å². The number of carbonyl (C=O) groups is 2. The summed E-state index contributed by atoms with van der Waals surface area (Å²) in [5, 5.41) is 0. The van der Waals surface area contributed by atoms with Crippen LogP contribution in [-0.2, 0) is 14.6 Å². The third kappa shape index (κ3) is 4.77. The maximum Gasteiger partial charge on any atom is 0.261 e. The molecule has 33 heavy (non-hydrogen) atoms. The first-order valence-electron chi connectivity index (χ1n) is 12.3. The summed E-state index contributed by atoms with van der Waals surface area (Å²) in [5.74, 6) is 1.18. The lowest BCUT2D eigenvalue weighted by Gasteiger charge is -2.40. The van der Waals surface area contributed by atoms with E-state index in [4.69, 9.17) is 9.47 Å². The Kier molecular flexibility index (Phi) is 6.14. The number of benzene rings is 1. The number of carbonyl (C=O) groups excluding carboxylic acids is 2. The van der Waals surface area contributed by atoms with Gasteiger partial charge >= 0.3 is 0 Å². The smallest absolute Gasteiger partial charge is 0.261 e. The third-order valence-electron chi connectivity index (χ3n) is 7.80. The first-order chi connectivity index (χ1) is 15.8. The fourth-order valence-electron chi connectivity index (χ4n) is 6.14. The maximum absolute atomic E-state index is 13.2. The van der Waals surface area contributed by atoms with E-state index < -0.39 is 15.4 Å². The van der Waals surface area contributed by atoms with Gasteiger partial charge in [0.15, 0.2) is 22.2 Å². The van der Waals surface area contributed by atoms with E-state index >= 15 is 0 Å². The number of rotatable bonds is 5. The summed E-state index contributed by atoms with van der Waals surface area (Å²) < 4.78 is 36.3. The molecule has 2 heterocycles. The fraction of sp³-hybridized carbons (Fsp3) is 0.680. The highest BCUT2D eigenvalue weighted by atomic mass is 32.2. The molecule has 0 N–H and O–H groups in total. The van der Waals surface area contributed by atoms with Gasteiger partial charge < -0.3 is 14.4 Å². The van der Waals surface area contributed by atoms with Crippen LogP contribution in [0, 0.1) is 0 Å². The maximum atomic E-state index is 13.2. The van der Waals surface area contributed by atoms with Crippen LogP contribution in [0.15, 0.2) is 18.2 Å². The molecule has 5 rings (SSSR count). The lowest BCUT2D eigenvalue weighted by Crippen LogP contribution is -2.48. The number of amides is 1. The average Bonchev–Trinajstić information content (AvgIpc) is 3.42. The van der Waals surface area contributed by atoms with E-state index in [9.17, 15) is 18.0 Å². The molecule has 1 aromatic carbocycles. The summed E-state index contributed by atoms with van der Waals surface area (Å²) in [7, 11) is -3.08. The Balaban J connectivity index is 1.29. The van der Waals surface area contributed by atoms with Crippen LogP contribution >= 0.6 is 0 Å². The van der Waals surface area contributed by atoms with Crippen molar-refractivity contribution in [3.05, 3.63) is 23.8 Å². The van der Waals surface area contributed by atoms with Crippen molar-refractivity contribution >= 4 is 21.5 Å². The lowest BCUT2D eigenvalue weighted by molar-refractivity contribution is -0.137. The van der Waals surface area contributed by atoms with Crippen molar-refractivity contribution in [2.24, 2.45) is 0 Å². The highest BCUT2D eigenvalue weighted by Gasteiger charge is 2.42. The number of sulfone groups is 1. The Bertz CT molecular complexity index is 1020. The van der Waals surface area contributed by atoms with Crippen LogP contribution in [0.2, 0.25) is 0 Å². The Morgan fingerprint density at radius 2 is 1.82 bits per heavy atom. The second kappa shape index (κ2) is 8.93. The Labute approximate surface area is 195 Å². The molecule has 2 aliphatic heterocycles. The van der Waals surface area contributed by atoms with E-state index in [0.29, 0.717) is 29.9 Å². The van der Waals surface area contributed by atoms with Crippen LogP contribution in [0.4, 0.5) is 0 Å². The van der Waals surface area contributed by atoms with Crippen molar-refractivity contribution in [1.29, 1.82) is 0 Å². The molecule has 2 saturated carbocycles. The SMILES string of the molecule is O=C1CC2(CCCCC2)Oc2cc(OCC(=O)N(C3CCCC3)[C@@H]3CCS(=O)(=O)C3)ccc21. The molecule has 1 aromatic rings. The molecule has 1 amide bonds. The number of ether oxygens (including phenoxy) is 2. The standard InChI is InChI=1S/C25H33NO6S/c27-22-15-25(11-4-1-5-12-25)32-23-14-20(8-9-21(22)23)31-16-24(28)26(18-6-2-3-7-18)19-10-13-33(29,30)17-19/h8-9,14,18-19H,1-7,10-13,15-17H2/t19-/m1/s1. The number of fused-ring (bicyclic) bond motifs is 1. The summed E-state index contributed by atoms with van der Waals surface area (Å²) in [5.41, 5.74) is 0.179. The van der Waals surface area contributed by atoms with Crippen LogP contribution in [-0.4, -0.2) is 60.8 Å². The normalized spacial score (nSPS) is 26.1. The second-order valence-corrected chi connectivity index (χ2v) is 12.4. The molecule has 1 atom stereocenters. The van der Waals surface area contributed by atoms with E-state index in [-0.39, 0.29) is 41.9 Å². The molecule has 7 nitrogen and oxygen atoms in total. The summed E-state index contributed by atoms with van der Waals surface area (Å²) in [6, 6.07) is 5.01. The highest BCUT2D eigenvalue weighted by molar-refractivity contribution is 7.91. The summed E-state index contributed by atoms with van der Waals surface area (Å²) in [6.07, 6.45) is 9.99. The first kappa shape index (κ1) is 22.7. The molecule has 1 saturated heterocycles. The fourth-order valence-corrected chi connectivity index (χ4v) is 7.85. The van der Waals surface area contributed by atoms with Gasteiger partial charge in [0.2, 0.25) is 0 Å². The Morgan fingerprint density at radius 1 is 1.06 bits per heavy atom. The monoisotopic (exact) mass is 475 g/mol. The van der Waals surface area contributed by atoms with Gasteiger partial charge in [-0.15, -0.1) is 0 Å². The van der Waals surface area contributed by atoms with E-state index in [1.54, 1.807) is 23.1 Å². The third-order valence-corrected chi connectivity index (χ3v) is 9.55. The van der Waals surface area contributed by atoms with Gasteiger partial charge in [0.1, 0.15) is 17.1 Å². The molecular weight excluding hydrogens is 442 g/mol. The average molecular weight is 476 g/mol. The van der Waals surface area contributed by atoms with E-state index in [0.717, 1.165) is 51.4 Å². The summed E-state index contributed by atoms with van der Waals surface area (Å²) >= 11 is 0. The highest BCUT2D eigenvalue weighted by Crippen LogP contribution is 2.43. The second-order valence-electron chi connectivity index (χ2n) is 10.2. The molecule has 8 heteroatoms. The quantitative estimate of drug-likeness (QED) is 0.645. The van der Waals surface area contributed by atoms with Gasteiger partial charge in [-0.3, -0.25) is 9.59 Å². The summed E-state index contributed by atoms with van der Waals surface area (Å²) in [4.78, 5) is 27.7. The first-order valence-corrected chi connectivity index (χ1v) is 14.2. The number of hydrogen-bond acceptors (Lipinski definition) is 6. The van der Waals surface area contributed by atoms with Crippen LogP contribution in [0.25, 0.3) is 0 Å². The van der Waals surface area contributed by atoms with Gasteiger partial charge in [0.05, 0.1) is 23.5 Å². The van der Waals surface area contributed by atoms with Gasteiger partial charge in [-0.25, -0.2) is 8.42 Å². The van der Waals surface area contributed by atoms with Gasteiger partial charge in [-0.1, -0.05) is 19.3 Å². The zero-order valence-electron chi connectivity index (χ0n) is 19.1. The van der Waals surface area contributed by atoms with Crippen molar-refractivity contribution in [2.45, 2.75) is 88.3 Å². The van der Waals surface area contributed by atoms with Crippen molar-refractivity contribution in [1.82, 2.24) is 4.90 Å². The molecule has 4 aliphatic rings. The lowest BCUT2D eigenvalue weighted by atomic mass is 9.78. The molecule has 0 radical (unpaired) electrons. The van der Waals surface area contributed by atoms with E-state index in [1.807, 2.05) is 0 Å². The van der Waals surface area contributed by atoms with Crippen LogP contribution in [0.3, 0.4) is 0 Å². The summed E-state index contributed by atoms with van der Waals surface area (Å²) in [6.45, 7) is -0.148. The molecule has 0 aromatic heterocycles. The number of ketones is 1. The largest absolute Gasteiger partial charge is 0.486 e. The zero-order chi connectivity index (χ0) is 23.1. The van der Waals surface area contributed by atoms with Gasteiger partial charge in [0, 0.05) is 18.2 Å². The van der Waals surface area contributed by atoms with Crippen LogP contribution < -0.4 is 9.47 Å². The number of nitrogens with zero attached hydrogens (tertiary/aromatic N) is 1. The van der Waals surface area contributed by atoms with Crippen molar-refractivity contribution < 1.29 is 27.5 Å². The predicted octanol–water partition coefficient (Wildman–Crippen LogP) is 3.69. The molecule has 0 bridgehead atoms. The molecule has 0 unspecified atom stereocenters. The Hall–Kier alpha value is -2.09. The molecule has 2 aliphatic carbocycles. The van der Waals surface area contributed by atoms with Crippen molar-refractivity contribution in [3.63, 3.8) is 0 Å². The number of Topliss-reactive ketones (excluding diaryl/α,β-unsaturated/α-hetero) is 1. The minimum Gasteiger partial charge on any atom is -0.486 e. The van der Waals surface area contributed by atoms with Gasteiger partial charge in [0.25, 0.3) is 5.91 Å². The molecule has 3 fully saturated rings. The van der Waals surface area contributed by atoms with E-state index in [2.05, 4.69) is 0 Å². The number of hydrogen-bond donors (Lipinski definition) is 0. The molecular formula is C25H33NO6S.